The second-order valence-electron chi connectivity index (χ2n) is 9.02. The van der Waals surface area contributed by atoms with Gasteiger partial charge in [-0.05, 0) is 41.8 Å². The van der Waals surface area contributed by atoms with Crippen LogP contribution in [0.2, 0.25) is 0 Å². The fourth-order valence-corrected chi connectivity index (χ4v) is 4.67. The van der Waals surface area contributed by atoms with Crippen LogP contribution in [0.3, 0.4) is 0 Å². The zero-order chi connectivity index (χ0) is 28.2. The molecule has 3 atom stereocenters. The average molecular weight is 558 g/mol. The molecule has 3 N–H and O–H groups in total. The third-order valence-electron chi connectivity index (χ3n) is 6.28. The zero-order valence-electron chi connectivity index (χ0n) is 21.1. The van der Waals surface area contributed by atoms with Crippen LogP contribution in [-0.2, 0) is 17.6 Å². The van der Waals surface area contributed by atoms with E-state index in [9.17, 15) is 23.1 Å². The monoisotopic (exact) mass is 557 g/mol. The first-order valence-corrected chi connectivity index (χ1v) is 12.8. The average Bonchev–Trinajstić information content (AvgIpc) is 3.41. The number of aliphatic carboxylic acids is 1. The molecule has 4 rings (SSSR count). The van der Waals surface area contributed by atoms with Crippen LogP contribution in [0.1, 0.15) is 36.0 Å². The van der Waals surface area contributed by atoms with Crippen LogP contribution < -0.4 is 15.2 Å². The lowest BCUT2D eigenvalue weighted by molar-refractivity contribution is -0.143. The van der Waals surface area contributed by atoms with Gasteiger partial charge in [0, 0.05) is 11.6 Å². The Morgan fingerprint density at radius 3 is 2.41 bits per heavy atom. The molecule has 11 heteroatoms. The third kappa shape index (κ3) is 6.92. The van der Waals surface area contributed by atoms with E-state index in [1.807, 2.05) is 30.3 Å². The number of hydrogen-bond donors (Lipinski definition) is 2. The smallest absolute Gasteiger partial charge is 0.420 e. The highest BCUT2D eigenvalue weighted by Crippen LogP contribution is 2.42. The van der Waals surface area contributed by atoms with Gasteiger partial charge in [0.25, 0.3) is 0 Å². The number of hydrogen-bond acceptors (Lipinski definition) is 7. The number of ether oxygens (including phenoxy) is 2. The van der Waals surface area contributed by atoms with Crippen LogP contribution >= 0.6 is 11.3 Å². The number of alkyl halides is 3. The van der Waals surface area contributed by atoms with Gasteiger partial charge < -0.3 is 20.3 Å². The summed E-state index contributed by atoms with van der Waals surface area (Å²) in [5.74, 6) is -1.94. The van der Waals surface area contributed by atoms with Crippen molar-refractivity contribution in [3.05, 3.63) is 88.9 Å². The molecule has 0 aliphatic rings. The van der Waals surface area contributed by atoms with Gasteiger partial charge in [0.05, 0.1) is 17.5 Å². The Morgan fingerprint density at radius 1 is 1.00 bits per heavy atom. The SMILES string of the molecule is CC(C(=O)O)C(C)[C@H](N)c1nnc(-c2ccc(Oc3cccc(OCc4ccccc4)c3)c(C(F)(F)F)c2)s1. The second-order valence-corrected chi connectivity index (χ2v) is 10.0. The minimum absolute atomic E-state index is 0.185. The number of carbonyl (C=O) groups is 1. The van der Waals surface area contributed by atoms with Crippen molar-refractivity contribution in [1.29, 1.82) is 0 Å². The summed E-state index contributed by atoms with van der Waals surface area (Å²) < 4.78 is 53.5. The highest BCUT2D eigenvalue weighted by Gasteiger charge is 2.35. The molecule has 1 aromatic heterocycles. The molecule has 7 nitrogen and oxygen atoms in total. The molecule has 0 bridgehead atoms. The van der Waals surface area contributed by atoms with E-state index in [1.165, 1.54) is 25.1 Å². The number of rotatable bonds is 10. The first-order chi connectivity index (χ1) is 18.5. The summed E-state index contributed by atoms with van der Waals surface area (Å²) in [5.41, 5.74) is 6.33. The standard InChI is InChI=1S/C28H26F3N3O4S/c1-16(17(2)27(35)36)24(32)26-34-33-25(39-26)19-11-12-23(22(13-19)28(29,30)31)38-21-10-6-9-20(14-21)37-15-18-7-4-3-5-8-18/h3-14,16-17,24H,15,32H2,1-2H3,(H,35,36)/t16?,17?,24-/m0/s1. The third-order valence-corrected chi connectivity index (χ3v) is 7.36. The molecule has 0 fully saturated rings. The van der Waals surface area contributed by atoms with Crippen LogP contribution in [-0.4, -0.2) is 21.3 Å². The molecule has 2 unspecified atom stereocenters. The van der Waals surface area contributed by atoms with Crippen molar-refractivity contribution < 1.29 is 32.5 Å². The fraction of sp³-hybridized carbons (Fsp3) is 0.250. The van der Waals surface area contributed by atoms with E-state index < -0.39 is 35.6 Å². The Morgan fingerprint density at radius 2 is 1.72 bits per heavy atom. The number of nitrogens with zero attached hydrogens (tertiary/aromatic N) is 2. The maximum atomic E-state index is 14.0. The normalized spacial score (nSPS) is 13.9. The second kappa shape index (κ2) is 11.8. The van der Waals surface area contributed by atoms with Gasteiger partial charge in [-0.3, -0.25) is 4.79 Å². The van der Waals surface area contributed by atoms with Gasteiger partial charge in [0.1, 0.15) is 33.9 Å². The molecule has 204 valence electrons. The maximum Gasteiger partial charge on any atom is 0.420 e. The summed E-state index contributed by atoms with van der Waals surface area (Å²) in [4.78, 5) is 11.3. The van der Waals surface area contributed by atoms with Crippen LogP contribution in [0.25, 0.3) is 10.6 Å². The van der Waals surface area contributed by atoms with E-state index in [0.717, 1.165) is 23.0 Å². The van der Waals surface area contributed by atoms with Crippen molar-refractivity contribution in [1.82, 2.24) is 10.2 Å². The Hall–Kier alpha value is -3.96. The highest BCUT2D eigenvalue weighted by molar-refractivity contribution is 7.14. The van der Waals surface area contributed by atoms with E-state index in [1.54, 1.807) is 25.1 Å². The Bertz CT molecular complexity index is 1430. The Balaban J connectivity index is 1.55. The lowest BCUT2D eigenvalue weighted by Crippen LogP contribution is -2.28. The molecular formula is C28H26F3N3O4S. The Labute approximate surface area is 227 Å². The first-order valence-electron chi connectivity index (χ1n) is 12.0. The fourth-order valence-electron chi connectivity index (χ4n) is 3.72. The largest absolute Gasteiger partial charge is 0.489 e. The predicted octanol–water partition coefficient (Wildman–Crippen LogP) is 6.95. The summed E-state index contributed by atoms with van der Waals surface area (Å²) in [6, 6.07) is 18.8. The van der Waals surface area contributed by atoms with Gasteiger partial charge in [0.2, 0.25) is 0 Å². The van der Waals surface area contributed by atoms with Gasteiger partial charge in [-0.25, -0.2) is 0 Å². The van der Waals surface area contributed by atoms with Crippen molar-refractivity contribution in [2.75, 3.05) is 0 Å². The van der Waals surface area contributed by atoms with Crippen LogP contribution in [0, 0.1) is 11.8 Å². The van der Waals surface area contributed by atoms with Crippen LogP contribution in [0.5, 0.6) is 17.2 Å². The zero-order valence-corrected chi connectivity index (χ0v) is 21.9. The van der Waals surface area contributed by atoms with Gasteiger partial charge in [-0.15, -0.1) is 10.2 Å². The highest BCUT2D eigenvalue weighted by atomic mass is 32.1. The number of carboxylic acid groups (broad SMARTS) is 1. The van der Waals surface area contributed by atoms with Gasteiger partial charge in [0.15, 0.2) is 0 Å². The molecule has 0 aliphatic carbocycles. The minimum Gasteiger partial charge on any atom is -0.489 e. The maximum absolute atomic E-state index is 14.0. The molecule has 3 aromatic carbocycles. The molecule has 39 heavy (non-hydrogen) atoms. The van der Waals surface area contributed by atoms with E-state index >= 15 is 0 Å². The van der Waals surface area contributed by atoms with E-state index in [4.69, 9.17) is 15.2 Å². The van der Waals surface area contributed by atoms with Crippen molar-refractivity contribution in [2.24, 2.45) is 17.6 Å². The van der Waals surface area contributed by atoms with Crippen molar-refractivity contribution >= 4 is 17.3 Å². The summed E-state index contributed by atoms with van der Waals surface area (Å²) in [5, 5.41) is 17.8. The Kier molecular flexibility index (Phi) is 8.51. The molecule has 1 heterocycles. The van der Waals surface area contributed by atoms with Crippen molar-refractivity contribution in [3.63, 3.8) is 0 Å². The molecule has 0 aliphatic heterocycles. The van der Waals surface area contributed by atoms with Gasteiger partial charge in [-0.1, -0.05) is 61.6 Å². The van der Waals surface area contributed by atoms with Crippen molar-refractivity contribution in [3.8, 4) is 27.8 Å². The molecular weight excluding hydrogens is 531 g/mol. The molecule has 0 saturated heterocycles. The molecule has 0 amide bonds. The lowest BCUT2D eigenvalue weighted by Gasteiger charge is -2.20. The molecule has 4 aromatic rings. The van der Waals surface area contributed by atoms with E-state index in [0.29, 0.717) is 17.4 Å². The first kappa shape index (κ1) is 28.1. The lowest BCUT2D eigenvalue weighted by atomic mass is 9.90. The molecule has 0 radical (unpaired) electrons. The summed E-state index contributed by atoms with van der Waals surface area (Å²) in [6.07, 6.45) is -4.71. The van der Waals surface area contributed by atoms with E-state index in [-0.39, 0.29) is 22.1 Å². The number of aromatic nitrogens is 2. The van der Waals surface area contributed by atoms with Crippen LogP contribution in [0.4, 0.5) is 13.2 Å². The number of nitrogens with two attached hydrogens (primary N) is 1. The summed E-state index contributed by atoms with van der Waals surface area (Å²) >= 11 is 1.02. The molecule has 0 spiro atoms. The van der Waals surface area contributed by atoms with Gasteiger partial charge >= 0.3 is 12.1 Å². The summed E-state index contributed by atoms with van der Waals surface area (Å²) in [6.45, 7) is 3.52. The topological polar surface area (TPSA) is 108 Å². The minimum atomic E-state index is -4.71. The van der Waals surface area contributed by atoms with Gasteiger partial charge in [-0.2, -0.15) is 13.2 Å². The van der Waals surface area contributed by atoms with Crippen LogP contribution in [0.15, 0.2) is 72.8 Å². The quantitative estimate of drug-likeness (QED) is 0.217. The predicted molar refractivity (Wildman–Crippen MR) is 141 cm³/mol. The summed E-state index contributed by atoms with van der Waals surface area (Å²) in [7, 11) is 0. The number of benzene rings is 3. The molecule has 0 saturated carbocycles. The van der Waals surface area contributed by atoms with Crippen molar-refractivity contribution in [2.45, 2.75) is 32.7 Å². The van der Waals surface area contributed by atoms with E-state index in [2.05, 4.69) is 10.2 Å². The number of halogens is 3. The number of carboxylic acids is 1.